The number of nitrogens with one attached hydrogen (secondary N) is 1. The van der Waals surface area contributed by atoms with Crippen molar-refractivity contribution < 1.29 is 24.2 Å². The first kappa shape index (κ1) is 16.7. The number of aryl methyl sites for hydroxylation is 1. The van der Waals surface area contributed by atoms with Crippen molar-refractivity contribution in [1.29, 1.82) is 0 Å². The van der Waals surface area contributed by atoms with Gasteiger partial charge in [0.15, 0.2) is 17.2 Å². The molecule has 2 N–H and O–H groups in total. The predicted octanol–water partition coefficient (Wildman–Crippen LogP) is 0.740. The Bertz CT molecular complexity index is 905. The van der Waals surface area contributed by atoms with Crippen LogP contribution in [0.25, 0.3) is 10.9 Å². The summed E-state index contributed by atoms with van der Waals surface area (Å²) in [5.74, 6) is -1.09. The molecule has 9 heteroatoms. The Hall–Kier alpha value is -3.10. The normalized spacial score (nSPS) is 12.4. The largest absolute Gasteiger partial charge is 0.480 e. The molecule has 0 saturated heterocycles. The fourth-order valence-corrected chi connectivity index (χ4v) is 2.54. The van der Waals surface area contributed by atoms with E-state index in [0.717, 1.165) is 12.8 Å². The lowest BCUT2D eigenvalue weighted by Gasteiger charge is -2.12. The molecule has 1 aromatic carbocycles. The van der Waals surface area contributed by atoms with E-state index in [1.807, 2.05) is 6.92 Å². The van der Waals surface area contributed by atoms with Crippen molar-refractivity contribution in [3.63, 3.8) is 0 Å². The molecule has 0 atom stereocenters. The first-order chi connectivity index (χ1) is 12.0. The van der Waals surface area contributed by atoms with E-state index in [4.69, 9.17) is 14.6 Å². The number of unbranched alkanes of at least 4 members (excludes halogenated alkanes) is 1. The van der Waals surface area contributed by atoms with Crippen molar-refractivity contribution in [3.8, 4) is 11.5 Å². The van der Waals surface area contributed by atoms with E-state index in [0.29, 0.717) is 23.6 Å². The van der Waals surface area contributed by atoms with Gasteiger partial charge in [0.1, 0.15) is 6.54 Å². The zero-order chi connectivity index (χ0) is 18.0. The van der Waals surface area contributed by atoms with Crippen molar-refractivity contribution in [2.75, 3.05) is 13.3 Å². The lowest BCUT2D eigenvalue weighted by atomic mass is 10.1. The Morgan fingerprint density at radius 3 is 2.72 bits per heavy atom. The van der Waals surface area contributed by atoms with Gasteiger partial charge in [0.2, 0.25) is 12.2 Å². The van der Waals surface area contributed by atoms with E-state index >= 15 is 0 Å². The highest BCUT2D eigenvalue weighted by molar-refractivity contribution is 5.97. The van der Waals surface area contributed by atoms with Crippen molar-refractivity contribution in [2.45, 2.75) is 26.3 Å². The number of carbonyl (C=O) groups is 2. The Balaban J connectivity index is 2.13. The maximum absolute atomic E-state index is 12.7. The molecule has 2 heterocycles. The highest BCUT2D eigenvalue weighted by Gasteiger charge is 2.22. The molecular formula is C16H17N3O6. The standard InChI is InChI=1S/C16H17N3O6/c1-2-3-4-19-10-6-12-11(24-8-25-12)5-9(10)15(22)14(18-19)16(23)17-7-13(20)21/h5-6H,2-4,7-8H2,1H3,(H,17,23)(H,20,21). The number of fused-ring (bicyclic) bond motifs is 2. The minimum absolute atomic E-state index is 0.0637. The summed E-state index contributed by atoms with van der Waals surface area (Å²) in [4.78, 5) is 35.4. The topological polar surface area (TPSA) is 120 Å². The molecule has 132 valence electrons. The summed E-state index contributed by atoms with van der Waals surface area (Å²) < 4.78 is 12.2. The number of ether oxygens (including phenoxy) is 2. The van der Waals surface area contributed by atoms with Gasteiger partial charge in [-0.2, -0.15) is 5.10 Å². The van der Waals surface area contributed by atoms with E-state index < -0.39 is 23.9 Å². The van der Waals surface area contributed by atoms with Gasteiger partial charge in [0.05, 0.1) is 10.9 Å². The first-order valence-corrected chi connectivity index (χ1v) is 7.85. The molecule has 0 radical (unpaired) electrons. The van der Waals surface area contributed by atoms with Gasteiger partial charge in [-0.15, -0.1) is 0 Å². The van der Waals surface area contributed by atoms with Crippen LogP contribution in [0, 0.1) is 0 Å². The number of rotatable bonds is 6. The molecule has 0 saturated carbocycles. The number of amides is 1. The highest BCUT2D eigenvalue weighted by Crippen LogP contribution is 2.35. The highest BCUT2D eigenvalue weighted by atomic mass is 16.7. The van der Waals surface area contributed by atoms with Crippen LogP contribution >= 0.6 is 0 Å². The van der Waals surface area contributed by atoms with Crippen molar-refractivity contribution >= 4 is 22.8 Å². The van der Waals surface area contributed by atoms with Crippen LogP contribution in [-0.4, -0.2) is 40.1 Å². The molecule has 3 rings (SSSR count). The molecule has 0 fully saturated rings. The van der Waals surface area contributed by atoms with Crippen LogP contribution in [0.4, 0.5) is 0 Å². The average molecular weight is 347 g/mol. The lowest BCUT2D eigenvalue weighted by molar-refractivity contribution is -0.135. The molecule has 9 nitrogen and oxygen atoms in total. The predicted molar refractivity (Wildman–Crippen MR) is 87.0 cm³/mol. The number of benzene rings is 1. The number of hydrogen-bond donors (Lipinski definition) is 2. The van der Waals surface area contributed by atoms with Gasteiger partial charge in [0, 0.05) is 12.6 Å². The molecule has 2 aromatic rings. The maximum Gasteiger partial charge on any atom is 0.322 e. The molecule has 0 unspecified atom stereocenters. The number of carboxylic acid groups (broad SMARTS) is 1. The van der Waals surface area contributed by atoms with E-state index in [9.17, 15) is 14.4 Å². The van der Waals surface area contributed by atoms with Crippen LogP contribution in [0.15, 0.2) is 16.9 Å². The molecule has 0 bridgehead atoms. The number of aliphatic carboxylic acids is 1. The van der Waals surface area contributed by atoms with Gasteiger partial charge in [-0.25, -0.2) is 0 Å². The molecule has 1 aromatic heterocycles. The summed E-state index contributed by atoms with van der Waals surface area (Å²) in [7, 11) is 0. The Morgan fingerprint density at radius 2 is 2.04 bits per heavy atom. The van der Waals surface area contributed by atoms with Gasteiger partial charge in [-0.3, -0.25) is 19.1 Å². The fourth-order valence-electron chi connectivity index (χ4n) is 2.54. The summed E-state index contributed by atoms with van der Waals surface area (Å²) in [6, 6.07) is 3.19. The van der Waals surface area contributed by atoms with Crippen LogP contribution in [0.2, 0.25) is 0 Å². The SMILES string of the molecule is CCCCn1nc(C(=O)NCC(=O)O)c(=O)c2cc3c(cc21)OCO3. The third-order valence-electron chi connectivity index (χ3n) is 3.79. The number of nitrogens with zero attached hydrogens (tertiary/aromatic N) is 2. The third-order valence-corrected chi connectivity index (χ3v) is 3.79. The van der Waals surface area contributed by atoms with Crippen LogP contribution in [0.3, 0.4) is 0 Å². The number of carbonyl (C=O) groups excluding carboxylic acids is 1. The van der Waals surface area contributed by atoms with E-state index in [2.05, 4.69) is 10.4 Å². The maximum atomic E-state index is 12.7. The van der Waals surface area contributed by atoms with Gasteiger partial charge < -0.3 is 19.9 Å². The summed E-state index contributed by atoms with van der Waals surface area (Å²) in [5.41, 5.74) is -0.384. The van der Waals surface area contributed by atoms with E-state index in [1.54, 1.807) is 10.7 Å². The Kier molecular flexibility index (Phi) is 4.55. The molecule has 1 aliphatic rings. The fraction of sp³-hybridized carbons (Fsp3) is 0.375. The molecule has 1 aliphatic heterocycles. The number of aromatic nitrogens is 2. The van der Waals surface area contributed by atoms with Crippen LogP contribution in [0.5, 0.6) is 11.5 Å². The van der Waals surface area contributed by atoms with Crippen LogP contribution < -0.4 is 20.2 Å². The summed E-state index contributed by atoms with van der Waals surface area (Å²) >= 11 is 0. The van der Waals surface area contributed by atoms with Crippen molar-refractivity contribution in [2.24, 2.45) is 0 Å². The van der Waals surface area contributed by atoms with Crippen molar-refractivity contribution in [3.05, 3.63) is 28.0 Å². The zero-order valence-electron chi connectivity index (χ0n) is 13.6. The number of carboxylic acids is 1. The van der Waals surface area contributed by atoms with E-state index in [1.165, 1.54) is 6.07 Å². The second-order valence-corrected chi connectivity index (χ2v) is 5.55. The second-order valence-electron chi connectivity index (χ2n) is 5.55. The zero-order valence-corrected chi connectivity index (χ0v) is 13.6. The van der Waals surface area contributed by atoms with Gasteiger partial charge in [-0.1, -0.05) is 13.3 Å². The lowest BCUT2D eigenvalue weighted by Crippen LogP contribution is -2.35. The summed E-state index contributed by atoms with van der Waals surface area (Å²) in [6.45, 7) is 1.99. The Morgan fingerprint density at radius 1 is 1.32 bits per heavy atom. The smallest absolute Gasteiger partial charge is 0.322 e. The van der Waals surface area contributed by atoms with Crippen molar-refractivity contribution in [1.82, 2.24) is 15.1 Å². The minimum atomic E-state index is -1.20. The van der Waals surface area contributed by atoms with Crippen LogP contribution in [0.1, 0.15) is 30.3 Å². The first-order valence-electron chi connectivity index (χ1n) is 7.85. The minimum Gasteiger partial charge on any atom is -0.480 e. The van der Waals surface area contributed by atoms with Gasteiger partial charge in [0.25, 0.3) is 5.91 Å². The molecular weight excluding hydrogens is 330 g/mol. The molecule has 0 aliphatic carbocycles. The third kappa shape index (κ3) is 3.25. The average Bonchev–Trinajstić information content (AvgIpc) is 3.05. The van der Waals surface area contributed by atoms with Crippen LogP contribution in [-0.2, 0) is 11.3 Å². The van der Waals surface area contributed by atoms with E-state index in [-0.39, 0.29) is 17.9 Å². The summed E-state index contributed by atoms with van der Waals surface area (Å²) in [5, 5.41) is 15.3. The van der Waals surface area contributed by atoms with Gasteiger partial charge in [-0.05, 0) is 12.5 Å². The second kappa shape index (κ2) is 6.80. The molecule has 1 amide bonds. The molecule has 0 spiro atoms. The molecule has 25 heavy (non-hydrogen) atoms. The Labute approximate surface area is 142 Å². The quantitative estimate of drug-likeness (QED) is 0.791. The van der Waals surface area contributed by atoms with Gasteiger partial charge >= 0.3 is 5.97 Å². The number of hydrogen-bond acceptors (Lipinski definition) is 6. The summed E-state index contributed by atoms with van der Waals surface area (Å²) in [6.07, 6.45) is 1.70. The monoisotopic (exact) mass is 347 g/mol.